The Morgan fingerprint density at radius 3 is 2.20 bits per heavy atom. The van der Waals surface area contributed by atoms with E-state index in [1.54, 1.807) is 12.1 Å². The zero-order chi connectivity index (χ0) is 20.5. The summed E-state index contributed by atoms with van der Waals surface area (Å²) in [5, 5.41) is 4.44. The predicted octanol–water partition coefficient (Wildman–Crippen LogP) is 3.82. The van der Waals surface area contributed by atoms with Crippen molar-refractivity contribution < 1.29 is 14.4 Å². The first-order valence-corrected chi connectivity index (χ1v) is 10.8. The van der Waals surface area contributed by atoms with Crippen LogP contribution in [-0.2, 0) is 15.0 Å². The molecule has 5 heteroatoms. The van der Waals surface area contributed by atoms with Gasteiger partial charge in [0.25, 0.3) is 0 Å². The van der Waals surface area contributed by atoms with Crippen LogP contribution in [0.3, 0.4) is 0 Å². The highest BCUT2D eigenvalue weighted by atomic mass is 32.1. The normalized spacial score (nSPS) is 28.2. The molecule has 1 saturated heterocycles. The summed E-state index contributed by atoms with van der Waals surface area (Å²) in [6.45, 7) is 0. The number of imide groups is 1. The zero-order valence-corrected chi connectivity index (χ0v) is 16.7. The summed E-state index contributed by atoms with van der Waals surface area (Å²) in [4.78, 5) is 39.4. The summed E-state index contributed by atoms with van der Waals surface area (Å²) < 4.78 is 0. The molecule has 2 amide bonds. The molecule has 3 aromatic rings. The average molecular weight is 411 g/mol. The van der Waals surface area contributed by atoms with E-state index in [9.17, 15) is 14.4 Å². The molecular formula is C25H17NO3S. The number of allylic oxidation sites excluding steroid dienone is 2. The van der Waals surface area contributed by atoms with Crippen LogP contribution < -0.4 is 5.32 Å². The van der Waals surface area contributed by atoms with Gasteiger partial charge in [-0.15, -0.1) is 11.3 Å². The van der Waals surface area contributed by atoms with Crippen molar-refractivity contribution in [3.8, 4) is 0 Å². The van der Waals surface area contributed by atoms with Gasteiger partial charge in [-0.1, -0.05) is 60.7 Å². The summed E-state index contributed by atoms with van der Waals surface area (Å²) in [5.41, 5.74) is 3.30. The lowest BCUT2D eigenvalue weighted by molar-refractivity contribution is -0.126. The molecule has 1 aromatic heterocycles. The number of hydrogen-bond acceptors (Lipinski definition) is 4. The van der Waals surface area contributed by atoms with Crippen LogP contribution in [-0.4, -0.2) is 17.6 Å². The summed E-state index contributed by atoms with van der Waals surface area (Å²) in [7, 11) is 0. The number of thiophene rings is 1. The molecular weight excluding hydrogens is 394 g/mol. The van der Waals surface area contributed by atoms with Crippen molar-refractivity contribution in [3.63, 3.8) is 0 Å². The van der Waals surface area contributed by atoms with E-state index in [2.05, 4.69) is 5.32 Å². The first-order valence-electron chi connectivity index (χ1n) is 9.93. The van der Waals surface area contributed by atoms with Crippen LogP contribution in [0.15, 0.2) is 78.2 Å². The van der Waals surface area contributed by atoms with Gasteiger partial charge in [0.15, 0.2) is 5.78 Å². The van der Waals surface area contributed by atoms with Gasteiger partial charge in [-0.2, -0.15) is 0 Å². The molecule has 1 aliphatic heterocycles. The Kier molecular flexibility index (Phi) is 3.56. The van der Waals surface area contributed by atoms with E-state index in [1.807, 2.05) is 66.1 Å². The molecule has 1 fully saturated rings. The minimum absolute atomic E-state index is 0.0942. The first kappa shape index (κ1) is 17.5. The molecule has 146 valence electrons. The number of amides is 2. The summed E-state index contributed by atoms with van der Waals surface area (Å²) in [6.07, 6.45) is 3.45. The molecule has 2 heterocycles. The molecule has 7 rings (SSSR count). The maximum Gasteiger partial charge on any atom is 0.232 e. The Morgan fingerprint density at radius 1 is 0.900 bits per heavy atom. The number of carbonyl (C=O) groups is 3. The summed E-state index contributed by atoms with van der Waals surface area (Å²) in [5.74, 6) is -1.76. The van der Waals surface area contributed by atoms with E-state index >= 15 is 0 Å². The van der Waals surface area contributed by atoms with Gasteiger partial charge in [-0.25, -0.2) is 0 Å². The Bertz CT molecular complexity index is 1210. The van der Waals surface area contributed by atoms with E-state index in [1.165, 1.54) is 11.3 Å². The fourth-order valence-electron chi connectivity index (χ4n) is 5.75. The molecule has 4 aliphatic rings. The molecule has 2 bridgehead atoms. The van der Waals surface area contributed by atoms with E-state index in [4.69, 9.17) is 0 Å². The van der Waals surface area contributed by atoms with Crippen molar-refractivity contribution >= 4 is 28.9 Å². The highest BCUT2D eigenvalue weighted by molar-refractivity contribution is 7.12. The molecule has 4 nitrogen and oxygen atoms in total. The number of ketones is 1. The van der Waals surface area contributed by atoms with Crippen molar-refractivity contribution in [2.75, 3.05) is 0 Å². The number of hydrogen-bond donors (Lipinski definition) is 1. The fraction of sp³-hybridized carbons (Fsp3) is 0.160. The summed E-state index contributed by atoms with van der Waals surface area (Å²) >= 11 is 1.39. The van der Waals surface area contributed by atoms with Crippen LogP contribution >= 0.6 is 11.3 Å². The van der Waals surface area contributed by atoms with Gasteiger partial charge in [0.2, 0.25) is 11.8 Å². The van der Waals surface area contributed by atoms with Gasteiger partial charge in [0, 0.05) is 5.92 Å². The molecule has 3 aliphatic carbocycles. The zero-order valence-electron chi connectivity index (χ0n) is 15.9. The van der Waals surface area contributed by atoms with Gasteiger partial charge in [0.05, 0.1) is 22.1 Å². The summed E-state index contributed by atoms with van der Waals surface area (Å²) in [6, 6.07) is 19.7. The molecule has 2 unspecified atom stereocenters. The van der Waals surface area contributed by atoms with E-state index in [0.717, 1.165) is 22.3 Å². The van der Waals surface area contributed by atoms with Gasteiger partial charge in [-0.05, 0) is 39.8 Å². The maximum absolute atomic E-state index is 13.1. The lowest BCUT2D eigenvalue weighted by Gasteiger charge is -2.53. The number of nitrogens with one attached hydrogen (secondary N) is 1. The van der Waals surface area contributed by atoms with E-state index < -0.39 is 17.3 Å². The molecule has 2 aromatic carbocycles. The second-order valence-electron chi connectivity index (χ2n) is 8.05. The Labute approximate surface area is 177 Å². The minimum Gasteiger partial charge on any atom is -0.296 e. The molecule has 30 heavy (non-hydrogen) atoms. The van der Waals surface area contributed by atoms with E-state index in [0.29, 0.717) is 4.88 Å². The van der Waals surface area contributed by atoms with Crippen LogP contribution in [0.25, 0.3) is 0 Å². The van der Waals surface area contributed by atoms with Crippen molar-refractivity contribution in [2.24, 2.45) is 11.8 Å². The molecule has 1 N–H and O–H groups in total. The number of benzene rings is 2. The number of carbonyl (C=O) groups excluding carboxylic acids is 3. The average Bonchev–Trinajstić information content (AvgIpc) is 3.41. The fourth-order valence-corrected chi connectivity index (χ4v) is 6.39. The standard InChI is InChI=1S/C25H17NO3S/c27-18(19-10-5-13-30-19)11-12-25-16-8-3-1-6-14(16)20(15-7-2-4-9-17(15)25)21-22(25)24(29)26-23(21)28/h1-13,20-22H,(H,26,28,29)/b12-11+. The predicted molar refractivity (Wildman–Crippen MR) is 113 cm³/mol. The Morgan fingerprint density at radius 2 is 1.57 bits per heavy atom. The van der Waals surface area contributed by atoms with Gasteiger partial charge >= 0.3 is 0 Å². The third kappa shape index (κ3) is 2.08. The van der Waals surface area contributed by atoms with Gasteiger partial charge in [-0.3, -0.25) is 19.7 Å². The molecule has 0 saturated carbocycles. The van der Waals surface area contributed by atoms with Crippen molar-refractivity contribution in [1.82, 2.24) is 5.32 Å². The third-order valence-corrected chi connectivity index (χ3v) is 7.67. The van der Waals surface area contributed by atoms with Crippen LogP contribution in [0.4, 0.5) is 0 Å². The minimum atomic E-state index is -0.851. The largest absolute Gasteiger partial charge is 0.296 e. The molecule has 0 spiro atoms. The number of rotatable bonds is 3. The highest BCUT2D eigenvalue weighted by Crippen LogP contribution is 2.63. The SMILES string of the molecule is O=C(/C=C/C12c3ccccc3C(c3ccccc31)C1C(=O)NC(=O)C12)c1cccs1. The van der Waals surface area contributed by atoms with Crippen molar-refractivity contribution in [1.29, 1.82) is 0 Å². The van der Waals surface area contributed by atoms with Gasteiger partial charge < -0.3 is 0 Å². The monoisotopic (exact) mass is 411 g/mol. The van der Waals surface area contributed by atoms with Crippen molar-refractivity contribution in [2.45, 2.75) is 11.3 Å². The Hall–Kier alpha value is -3.31. The Balaban J connectivity index is 1.65. The van der Waals surface area contributed by atoms with E-state index in [-0.39, 0.29) is 23.5 Å². The van der Waals surface area contributed by atoms with Crippen molar-refractivity contribution in [3.05, 3.63) is 105 Å². The lowest BCUT2D eigenvalue weighted by atomic mass is 9.47. The topological polar surface area (TPSA) is 63.2 Å². The second-order valence-corrected chi connectivity index (χ2v) is 9.00. The van der Waals surface area contributed by atoms with Crippen LogP contribution in [0.2, 0.25) is 0 Å². The van der Waals surface area contributed by atoms with Crippen LogP contribution in [0, 0.1) is 11.8 Å². The second kappa shape index (κ2) is 6.09. The first-order chi connectivity index (χ1) is 14.6. The lowest BCUT2D eigenvalue weighted by Crippen LogP contribution is -2.52. The van der Waals surface area contributed by atoms with Gasteiger partial charge in [0.1, 0.15) is 0 Å². The van der Waals surface area contributed by atoms with Crippen LogP contribution in [0.1, 0.15) is 37.8 Å². The molecule has 0 radical (unpaired) electrons. The van der Waals surface area contributed by atoms with Crippen LogP contribution in [0.5, 0.6) is 0 Å². The highest BCUT2D eigenvalue weighted by Gasteiger charge is 2.65. The quantitative estimate of drug-likeness (QED) is 0.405. The maximum atomic E-state index is 13.1. The third-order valence-electron chi connectivity index (χ3n) is 6.79. The molecule has 2 atom stereocenters. The smallest absolute Gasteiger partial charge is 0.232 e.